The molecule has 348 valence electrons. The number of rotatable bonds is 24. The van der Waals surface area contributed by atoms with E-state index in [4.69, 9.17) is 24.2 Å². The van der Waals surface area contributed by atoms with E-state index in [1.807, 2.05) is 23.1 Å². The Morgan fingerprint density at radius 3 is 2.34 bits per heavy atom. The minimum absolute atomic E-state index is 0.0163. The van der Waals surface area contributed by atoms with Gasteiger partial charge in [-0.1, -0.05) is 80.6 Å². The summed E-state index contributed by atoms with van der Waals surface area (Å²) in [7, 11) is 0. The first-order valence-electron chi connectivity index (χ1n) is 23.4. The van der Waals surface area contributed by atoms with Crippen molar-refractivity contribution in [3.8, 4) is 11.5 Å². The lowest BCUT2D eigenvalue weighted by atomic mass is 9.55. The van der Waals surface area contributed by atoms with Crippen molar-refractivity contribution < 1.29 is 43.4 Å². The monoisotopic (exact) mass is 893 g/mol. The van der Waals surface area contributed by atoms with Gasteiger partial charge in [0.05, 0.1) is 23.2 Å². The molecular formula is C52H64FN3O9. The van der Waals surface area contributed by atoms with Crippen LogP contribution >= 0.6 is 0 Å². The first-order valence-corrected chi connectivity index (χ1v) is 23.4. The van der Waals surface area contributed by atoms with Crippen molar-refractivity contribution in [1.29, 1.82) is 0 Å². The molecule has 1 heterocycles. The van der Waals surface area contributed by atoms with Crippen LogP contribution < -0.4 is 9.47 Å². The zero-order valence-electron chi connectivity index (χ0n) is 37.4. The van der Waals surface area contributed by atoms with Crippen LogP contribution in [0.1, 0.15) is 106 Å². The Bertz CT molecular complexity index is 2150. The number of oxime groups is 1. The number of aliphatic hydroxyl groups excluding tert-OH is 2. The van der Waals surface area contributed by atoms with Crippen LogP contribution in [-0.2, 0) is 27.5 Å². The van der Waals surface area contributed by atoms with E-state index >= 15 is 4.79 Å². The van der Waals surface area contributed by atoms with Gasteiger partial charge in [0.15, 0.2) is 0 Å². The van der Waals surface area contributed by atoms with Crippen molar-refractivity contribution in [1.82, 2.24) is 4.90 Å². The molecule has 0 saturated heterocycles. The number of unbranched alkanes of at least 4 members (excludes halogenated alkanes) is 2. The van der Waals surface area contributed by atoms with Crippen LogP contribution in [0.5, 0.6) is 11.5 Å². The number of fused-ring (bicyclic) bond motifs is 2. The average Bonchev–Trinajstić information content (AvgIpc) is 3.85. The minimum atomic E-state index is -1.47. The summed E-state index contributed by atoms with van der Waals surface area (Å²) in [6.45, 7) is 8.66. The van der Waals surface area contributed by atoms with Gasteiger partial charge in [0.25, 0.3) is 5.69 Å². The number of allylic oxidation sites excluding steroid dienone is 1. The number of hydrogen-bond donors (Lipinski definition) is 2. The van der Waals surface area contributed by atoms with E-state index in [1.54, 1.807) is 36.4 Å². The molecule has 2 N–H and O–H groups in total. The molecular weight excluding hydrogens is 830 g/mol. The van der Waals surface area contributed by atoms with Crippen molar-refractivity contribution >= 4 is 17.3 Å². The number of carbonyl (C=O) groups excluding carboxylic acids is 1. The third-order valence-corrected chi connectivity index (χ3v) is 13.8. The molecule has 1 aliphatic heterocycles. The van der Waals surface area contributed by atoms with Gasteiger partial charge < -0.3 is 34.2 Å². The molecule has 3 aromatic rings. The minimum Gasteiger partial charge on any atom is -0.490 e. The van der Waals surface area contributed by atoms with Crippen LogP contribution in [0.3, 0.4) is 0 Å². The van der Waals surface area contributed by atoms with Crippen molar-refractivity contribution in [2.45, 2.75) is 114 Å². The number of nitro benzene ring substituents is 1. The van der Waals surface area contributed by atoms with Gasteiger partial charge in [-0.25, -0.2) is 4.39 Å². The highest BCUT2D eigenvalue weighted by Crippen LogP contribution is 2.62. The molecule has 0 aromatic heterocycles. The molecule has 3 aromatic carbocycles. The van der Waals surface area contributed by atoms with Crippen molar-refractivity contribution in [2.24, 2.45) is 28.8 Å². The fourth-order valence-electron chi connectivity index (χ4n) is 10.7. The third kappa shape index (κ3) is 11.2. The zero-order valence-corrected chi connectivity index (χ0v) is 37.4. The topological polar surface area (TPSA) is 153 Å². The number of benzene rings is 3. The van der Waals surface area contributed by atoms with Crippen LogP contribution in [0.25, 0.3) is 0 Å². The summed E-state index contributed by atoms with van der Waals surface area (Å²) >= 11 is 0. The number of aliphatic hydroxyl groups is 2. The predicted octanol–water partition coefficient (Wildman–Crippen LogP) is 10.1. The summed E-state index contributed by atoms with van der Waals surface area (Å²) in [5.74, 6) is -0.918. The van der Waals surface area contributed by atoms with Crippen LogP contribution in [0.4, 0.5) is 10.1 Å². The van der Waals surface area contributed by atoms with Crippen LogP contribution in [-0.4, -0.2) is 69.9 Å². The molecule has 4 aliphatic rings. The third-order valence-electron chi connectivity index (χ3n) is 13.8. The van der Waals surface area contributed by atoms with Crippen molar-refractivity contribution in [3.05, 3.63) is 136 Å². The Morgan fingerprint density at radius 1 is 0.938 bits per heavy atom. The van der Waals surface area contributed by atoms with Gasteiger partial charge >= 0.3 is 0 Å². The van der Waals surface area contributed by atoms with E-state index in [0.717, 1.165) is 74.5 Å². The second kappa shape index (κ2) is 22.7. The summed E-state index contributed by atoms with van der Waals surface area (Å²) in [4.78, 5) is 34.2. The lowest BCUT2D eigenvalue weighted by Gasteiger charge is -2.60. The molecule has 65 heavy (non-hydrogen) atoms. The first kappa shape index (κ1) is 47.6. The zero-order chi connectivity index (χ0) is 45.8. The number of amides is 1. The Labute approximate surface area is 381 Å². The molecule has 0 bridgehead atoms. The maximum atomic E-state index is 15.1. The second-order valence-electron chi connectivity index (χ2n) is 17.9. The van der Waals surface area contributed by atoms with Gasteiger partial charge in [-0.05, 0) is 109 Å². The van der Waals surface area contributed by atoms with E-state index in [2.05, 4.69) is 19.2 Å². The highest BCUT2D eigenvalue weighted by atomic mass is 19.1. The molecule has 2 saturated carbocycles. The Morgan fingerprint density at radius 2 is 1.65 bits per heavy atom. The Kier molecular flexibility index (Phi) is 16.6. The van der Waals surface area contributed by atoms with Crippen LogP contribution in [0, 0.1) is 39.6 Å². The summed E-state index contributed by atoms with van der Waals surface area (Å²) in [5.41, 5.74) is 3.86. The highest BCUT2D eigenvalue weighted by molar-refractivity contribution is 6.03. The fourth-order valence-corrected chi connectivity index (χ4v) is 10.7. The number of nitro groups is 1. The van der Waals surface area contributed by atoms with E-state index in [0.29, 0.717) is 54.6 Å². The van der Waals surface area contributed by atoms with Crippen LogP contribution in [0.2, 0.25) is 0 Å². The molecule has 12 nitrogen and oxygen atoms in total. The van der Waals surface area contributed by atoms with Gasteiger partial charge in [-0.15, -0.1) is 6.58 Å². The van der Waals surface area contributed by atoms with Gasteiger partial charge in [-0.3, -0.25) is 14.9 Å². The van der Waals surface area contributed by atoms with Crippen molar-refractivity contribution in [2.75, 3.05) is 26.4 Å². The molecule has 6 atom stereocenters. The molecule has 6 unspecified atom stereocenters. The summed E-state index contributed by atoms with van der Waals surface area (Å²) in [5, 5.41) is 36.2. The number of halogens is 1. The molecule has 0 radical (unpaired) electrons. The summed E-state index contributed by atoms with van der Waals surface area (Å²) < 4.78 is 35.1. The van der Waals surface area contributed by atoms with E-state index < -0.39 is 22.7 Å². The number of non-ortho nitro benzene ring substituents is 1. The standard InChI is InChI=1S/C52H64FN3O9/c1-3-29-62-42-24-25-47-45(32-42)50-43(14-8-10-28-58)39(13-7-9-27-57)31-44-46(54-64-35-38-17-22-41(23-18-38)56(60)61)33-48(52(65-47,51(44)50)63-30-4-2)55(34-37-15-20-40(53)21-16-37)49(59)26-19-36-11-5-6-12-36/h3-4,15-18,20-25,31-32,36,39,43,48,50-51,57-58H,1-2,5-14,19,26-30,33-35H2. The molecule has 7 rings (SSSR count). The van der Waals surface area contributed by atoms with Gasteiger partial charge in [-0.2, -0.15) is 0 Å². The lowest BCUT2D eigenvalue weighted by molar-refractivity contribution is -0.384. The average molecular weight is 894 g/mol. The molecule has 3 aliphatic carbocycles. The smallest absolute Gasteiger partial charge is 0.269 e. The van der Waals surface area contributed by atoms with Gasteiger partial charge in [0.1, 0.15) is 36.6 Å². The predicted molar refractivity (Wildman–Crippen MR) is 247 cm³/mol. The van der Waals surface area contributed by atoms with Crippen LogP contribution in [0.15, 0.2) is 109 Å². The highest BCUT2D eigenvalue weighted by Gasteiger charge is 2.65. The maximum absolute atomic E-state index is 15.1. The molecule has 2 fully saturated rings. The fraction of sp³-hybridized carbons (Fsp3) is 0.500. The van der Waals surface area contributed by atoms with E-state index in [-0.39, 0.29) is 74.6 Å². The molecule has 1 amide bonds. The van der Waals surface area contributed by atoms with Gasteiger partial charge in [0.2, 0.25) is 11.7 Å². The van der Waals surface area contributed by atoms with E-state index in [1.165, 1.54) is 24.3 Å². The number of carbonyl (C=O) groups is 1. The first-order chi connectivity index (χ1) is 31.7. The number of nitrogens with zero attached hydrogens (tertiary/aromatic N) is 3. The second-order valence-corrected chi connectivity index (χ2v) is 17.9. The molecule has 13 heteroatoms. The number of ether oxygens (including phenoxy) is 3. The summed E-state index contributed by atoms with van der Waals surface area (Å²) in [6.07, 6.45) is 15.8. The number of hydrogen-bond acceptors (Lipinski definition) is 10. The maximum Gasteiger partial charge on any atom is 0.269 e. The molecule has 0 spiro atoms. The van der Waals surface area contributed by atoms with Crippen molar-refractivity contribution in [3.63, 3.8) is 0 Å². The SMILES string of the molecule is C=CCOc1ccc2c(c1)C1C(CCCCO)C(CCCCO)C=C3C(=NOCc4ccc([N+](=O)[O-])cc4)CC(N(Cc4ccc(F)cc4)C(=O)CCC4CCCC4)C(OCC=C)(O2)C31. The largest absolute Gasteiger partial charge is 0.490 e. The Balaban J connectivity index is 1.42. The van der Waals surface area contributed by atoms with E-state index in [9.17, 15) is 24.7 Å². The van der Waals surface area contributed by atoms with Gasteiger partial charge in [0, 0.05) is 56.2 Å². The normalized spacial score (nSPS) is 24.0. The summed E-state index contributed by atoms with van der Waals surface area (Å²) in [6, 6.07) is 17.5. The Hall–Kier alpha value is -5.37. The lowest BCUT2D eigenvalue weighted by Crippen LogP contribution is -2.70. The quantitative estimate of drug-likeness (QED) is 0.0387.